The van der Waals surface area contributed by atoms with Gasteiger partial charge in [0.25, 0.3) is 0 Å². The molecule has 238 valence electrons. The summed E-state index contributed by atoms with van der Waals surface area (Å²) in [6, 6.07) is 47.7. The average Bonchev–Trinajstić information content (AvgIpc) is 3.66. The molecule has 0 N–H and O–H groups in total. The van der Waals surface area contributed by atoms with Crippen LogP contribution in [0.15, 0.2) is 151 Å². The number of hydrogen-bond acceptors (Lipinski definition) is 5. The van der Waals surface area contributed by atoms with E-state index in [4.69, 9.17) is 4.98 Å². The van der Waals surface area contributed by atoms with Crippen LogP contribution in [0, 0.1) is 34.0 Å². The van der Waals surface area contributed by atoms with Gasteiger partial charge >= 0.3 is 0 Å². The Morgan fingerprint density at radius 1 is 0.627 bits per heavy atom. The van der Waals surface area contributed by atoms with Crippen LogP contribution >= 0.6 is 0 Å². The van der Waals surface area contributed by atoms with E-state index in [9.17, 15) is 15.8 Å². The number of rotatable bonds is 4. The van der Waals surface area contributed by atoms with Gasteiger partial charge in [0.05, 0.1) is 56.9 Å². The van der Waals surface area contributed by atoms with Gasteiger partial charge in [-0.1, -0.05) is 91.0 Å². The number of allylic oxidation sites excluding steroid dienone is 2. The molecule has 2 aromatic heterocycles. The van der Waals surface area contributed by atoms with E-state index in [0.29, 0.717) is 28.0 Å². The Labute approximate surface area is 295 Å². The number of pyridine rings is 1. The zero-order valence-electron chi connectivity index (χ0n) is 27.6. The molecular formula is C45H28N6. The molecule has 2 aliphatic rings. The highest BCUT2D eigenvalue weighted by Gasteiger charge is 2.49. The third-order valence-corrected chi connectivity index (χ3v) is 10.4. The van der Waals surface area contributed by atoms with E-state index in [1.54, 1.807) is 0 Å². The summed E-state index contributed by atoms with van der Waals surface area (Å²) in [5, 5.41) is 33.3. The Hall–Kier alpha value is -7.20. The molecule has 3 heterocycles. The van der Waals surface area contributed by atoms with Crippen molar-refractivity contribution < 1.29 is 0 Å². The average molecular weight is 653 g/mol. The van der Waals surface area contributed by atoms with Crippen LogP contribution in [0.3, 0.4) is 0 Å². The number of hydrogen-bond donors (Lipinski definition) is 0. The zero-order chi connectivity index (χ0) is 34.7. The predicted molar refractivity (Wildman–Crippen MR) is 201 cm³/mol. The molecule has 0 bridgehead atoms. The highest BCUT2D eigenvalue weighted by atomic mass is 15.2. The monoisotopic (exact) mass is 652 g/mol. The third-order valence-electron chi connectivity index (χ3n) is 10.4. The standard InChI is InChI=1S/C45H28N6/c1-45-21-20-29(26-46)24-38(45)44-42(19-10-22-49-44)51(45)41-18-9-6-13-33(41)31-11-2-3-12-32(31)36-23-30(27-47)25-43(37(36)28-48)50-39-16-7-4-14-34(39)35-15-5-8-17-40(35)50/h2-25,38H,1H3. The van der Waals surface area contributed by atoms with Crippen molar-refractivity contribution >= 4 is 33.2 Å². The lowest BCUT2D eigenvalue weighted by Gasteiger charge is -2.40. The van der Waals surface area contributed by atoms with Crippen LogP contribution in [-0.4, -0.2) is 15.1 Å². The number of nitrogens with zero attached hydrogens (tertiary/aromatic N) is 6. The second-order valence-corrected chi connectivity index (χ2v) is 13.1. The molecule has 6 nitrogen and oxygen atoms in total. The van der Waals surface area contributed by atoms with Gasteiger partial charge in [-0.15, -0.1) is 0 Å². The summed E-state index contributed by atoms with van der Waals surface area (Å²) in [6.45, 7) is 2.19. The normalized spacial score (nSPS) is 17.3. The van der Waals surface area contributed by atoms with E-state index in [1.165, 1.54) is 0 Å². The maximum atomic E-state index is 11.0. The summed E-state index contributed by atoms with van der Waals surface area (Å²) in [7, 11) is 0. The van der Waals surface area contributed by atoms with Crippen molar-refractivity contribution in [2.75, 3.05) is 4.90 Å². The van der Waals surface area contributed by atoms with Crippen molar-refractivity contribution in [2.45, 2.75) is 18.4 Å². The summed E-state index contributed by atoms with van der Waals surface area (Å²) >= 11 is 0. The maximum Gasteiger partial charge on any atom is 0.102 e. The van der Waals surface area contributed by atoms with Gasteiger partial charge < -0.3 is 9.47 Å². The van der Waals surface area contributed by atoms with Crippen LogP contribution in [0.1, 0.15) is 29.7 Å². The van der Waals surface area contributed by atoms with Gasteiger partial charge in [-0.25, -0.2) is 0 Å². The van der Waals surface area contributed by atoms with Gasteiger partial charge in [0.2, 0.25) is 0 Å². The van der Waals surface area contributed by atoms with Crippen molar-refractivity contribution in [3.8, 4) is 46.1 Å². The molecule has 0 spiro atoms. The van der Waals surface area contributed by atoms with E-state index in [0.717, 1.165) is 55.6 Å². The second-order valence-electron chi connectivity index (χ2n) is 13.1. The molecule has 51 heavy (non-hydrogen) atoms. The quantitative estimate of drug-likeness (QED) is 0.189. The fourth-order valence-corrected chi connectivity index (χ4v) is 8.13. The Morgan fingerprint density at radius 3 is 1.94 bits per heavy atom. The second kappa shape index (κ2) is 11.5. The molecular weight excluding hydrogens is 625 g/mol. The van der Waals surface area contributed by atoms with Crippen LogP contribution in [0.5, 0.6) is 0 Å². The third kappa shape index (κ3) is 4.36. The van der Waals surface area contributed by atoms with Crippen LogP contribution in [0.25, 0.3) is 49.7 Å². The highest BCUT2D eigenvalue weighted by Crippen LogP contribution is 2.55. The summed E-state index contributed by atoms with van der Waals surface area (Å²) in [6.07, 6.45) is 7.84. The smallest absolute Gasteiger partial charge is 0.102 e. The van der Waals surface area contributed by atoms with Crippen LogP contribution < -0.4 is 4.90 Å². The molecule has 2 unspecified atom stereocenters. The van der Waals surface area contributed by atoms with Crippen molar-refractivity contribution in [1.29, 1.82) is 15.8 Å². The summed E-state index contributed by atoms with van der Waals surface area (Å²) < 4.78 is 2.11. The number of fused-ring (bicyclic) bond motifs is 6. The van der Waals surface area contributed by atoms with Gasteiger partial charge in [0.15, 0.2) is 0 Å². The van der Waals surface area contributed by atoms with Gasteiger partial charge in [-0.05, 0) is 66.6 Å². The number of anilines is 2. The van der Waals surface area contributed by atoms with Gasteiger partial charge in [0.1, 0.15) is 6.07 Å². The molecule has 0 radical (unpaired) electrons. The van der Waals surface area contributed by atoms with E-state index in [-0.39, 0.29) is 5.92 Å². The lowest BCUT2D eigenvalue weighted by atomic mass is 9.80. The van der Waals surface area contributed by atoms with Crippen LogP contribution in [-0.2, 0) is 0 Å². The fraction of sp³-hybridized carbons (Fsp3) is 0.0667. The Bertz CT molecular complexity index is 2730. The minimum atomic E-state index is -0.523. The Balaban J connectivity index is 1.29. The van der Waals surface area contributed by atoms with E-state index in [2.05, 4.69) is 89.2 Å². The van der Waals surface area contributed by atoms with Crippen molar-refractivity contribution in [1.82, 2.24) is 9.55 Å². The van der Waals surface area contributed by atoms with E-state index >= 15 is 0 Å². The first-order valence-corrected chi connectivity index (χ1v) is 16.8. The van der Waals surface area contributed by atoms with E-state index in [1.807, 2.05) is 91.1 Å². The molecule has 9 rings (SSSR count). The number of nitriles is 3. The lowest BCUT2D eigenvalue weighted by Crippen LogP contribution is -2.42. The fourth-order valence-electron chi connectivity index (χ4n) is 8.13. The molecule has 0 amide bonds. The molecule has 0 fully saturated rings. The van der Waals surface area contributed by atoms with Crippen LogP contribution in [0.4, 0.5) is 11.4 Å². The maximum absolute atomic E-state index is 11.0. The van der Waals surface area contributed by atoms with Gasteiger partial charge in [0, 0.05) is 45.3 Å². The van der Waals surface area contributed by atoms with Crippen molar-refractivity contribution in [2.24, 2.45) is 0 Å². The molecule has 1 aliphatic carbocycles. The van der Waals surface area contributed by atoms with Crippen molar-refractivity contribution in [3.05, 3.63) is 168 Å². The SMILES string of the molecule is CC12C=CC(C#N)=CC1c1ncccc1N2c1ccccc1-c1ccccc1-c1cc(C#N)cc(-n2c3ccccc3c3ccccc32)c1C#N. The minimum Gasteiger partial charge on any atom is -0.329 e. The molecule has 2 atom stereocenters. The molecule has 5 aromatic carbocycles. The first-order valence-electron chi connectivity index (χ1n) is 16.8. The topological polar surface area (TPSA) is 92.4 Å². The number of para-hydroxylation sites is 3. The first-order chi connectivity index (χ1) is 25.1. The lowest BCUT2D eigenvalue weighted by molar-refractivity contribution is 0.535. The first kappa shape index (κ1) is 29.9. The Kier molecular flexibility index (Phi) is 6.72. The predicted octanol–water partition coefficient (Wildman–Crippen LogP) is 10.3. The minimum absolute atomic E-state index is 0.122. The molecule has 7 aromatic rings. The van der Waals surface area contributed by atoms with Gasteiger partial charge in [-0.3, -0.25) is 4.98 Å². The largest absolute Gasteiger partial charge is 0.329 e. The summed E-state index contributed by atoms with van der Waals surface area (Å²) in [5.74, 6) is -0.122. The molecule has 1 aliphatic heterocycles. The summed E-state index contributed by atoms with van der Waals surface area (Å²) in [5.41, 5.74) is 9.94. The zero-order valence-corrected chi connectivity index (χ0v) is 27.6. The van der Waals surface area contributed by atoms with Crippen LogP contribution in [0.2, 0.25) is 0 Å². The molecule has 0 saturated carbocycles. The van der Waals surface area contributed by atoms with Gasteiger partial charge in [-0.2, -0.15) is 15.8 Å². The molecule has 6 heteroatoms. The number of aromatic nitrogens is 2. The van der Waals surface area contributed by atoms with Crippen molar-refractivity contribution in [3.63, 3.8) is 0 Å². The molecule has 0 saturated heterocycles. The Morgan fingerprint density at radius 2 is 1.25 bits per heavy atom. The highest BCUT2D eigenvalue weighted by molar-refractivity contribution is 6.09. The summed E-state index contributed by atoms with van der Waals surface area (Å²) in [4.78, 5) is 7.15. The number of benzene rings is 5. The van der Waals surface area contributed by atoms with E-state index < -0.39 is 5.54 Å².